The highest BCUT2D eigenvalue weighted by Crippen LogP contribution is 2.24. The summed E-state index contributed by atoms with van der Waals surface area (Å²) in [6, 6.07) is 6.08. The SMILES string of the molecule is CSCCOc1ccc2[nH]cc(CCNC(C)=O)c2c1. The molecule has 0 aliphatic carbocycles. The number of ether oxygens (including phenoxy) is 1. The van der Waals surface area contributed by atoms with Crippen molar-refractivity contribution in [2.45, 2.75) is 13.3 Å². The Labute approximate surface area is 123 Å². The van der Waals surface area contributed by atoms with Crippen LogP contribution < -0.4 is 10.1 Å². The monoisotopic (exact) mass is 292 g/mol. The predicted molar refractivity (Wildman–Crippen MR) is 84.6 cm³/mol. The van der Waals surface area contributed by atoms with E-state index in [1.165, 1.54) is 12.5 Å². The number of H-pyrrole nitrogens is 1. The molecule has 1 aromatic carbocycles. The summed E-state index contributed by atoms with van der Waals surface area (Å²) in [5.74, 6) is 1.89. The fraction of sp³-hybridized carbons (Fsp3) is 0.400. The van der Waals surface area contributed by atoms with Crippen molar-refractivity contribution >= 4 is 28.6 Å². The van der Waals surface area contributed by atoms with E-state index in [4.69, 9.17) is 4.74 Å². The summed E-state index contributed by atoms with van der Waals surface area (Å²) in [4.78, 5) is 14.1. The molecule has 0 atom stereocenters. The highest BCUT2D eigenvalue weighted by molar-refractivity contribution is 7.98. The number of fused-ring (bicyclic) bond motifs is 1. The Bertz CT molecular complexity index is 580. The van der Waals surface area contributed by atoms with Crippen LogP contribution in [0.2, 0.25) is 0 Å². The van der Waals surface area contributed by atoms with Crippen molar-refractivity contribution in [3.8, 4) is 5.75 Å². The molecule has 2 rings (SSSR count). The van der Waals surface area contributed by atoms with E-state index in [9.17, 15) is 4.79 Å². The van der Waals surface area contributed by atoms with Gasteiger partial charge in [-0.2, -0.15) is 11.8 Å². The molecule has 0 aliphatic rings. The zero-order valence-electron chi connectivity index (χ0n) is 11.9. The van der Waals surface area contributed by atoms with E-state index in [0.29, 0.717) is 6.54 Å². The van der Waals surface area contributed by atoms with E-state index in [2.05, 4.69) is 22.6 Å². The Kier molecular flexibility index (Phi) is 5.35. The van der Waals surface area contributed by atoms with Gasteiger partial charge in [0.1, 0.15) is 5.75 Å². The lowest BCUT2D eigenvalue weighted by Gasteiger charge is -2.06. The summed E-state index contributed by atoms with van der Waals surface area (Å²) in [6.07, 6.45) is 4.88. The first-order valence-corrected chi connectivity index (χ1v) is 8.06. The number of aromatic nitrogens is 1. The maximum Gasteiger partial charge on any atom is 0.216 e. The van der Waals surface area contributed by atoms with Crippen LogP contribution in [0.1, 0.15) is 12.5 Å². The van der Waals surface area contributed by atoms with Crippen LogP contribution in [0, 0.1) is 0 Å². The summed E-state index contributed by atoms with van der Waals surface area (Å²) >= 11 is 1.77. The topological polar surface area (TPSA) is 54.1 Å². The highest BCUT2D eigenvalue weighted by Gasteiger charge is 2.05. The minimum Gasteiger partial charge on any atom is -0.493 e. The second kappa shape index (κ2) is 7.24. The number of thioether (sulfide) groups is 1. The summed E-state index contributed by atoms with van der Waals surface area (Å²) < 4.78 is 5.72. The molecule has 0 saturated heterocycles. The lowest BCUT2D eigenvalue weighted by atomic mass is 10.1. The quantitative estimate of drug-likeness (QED) is 0.771. The van der Waals surface area contributed by atoms with Crippen LogP contribution in [0.5, 0.6) is 5.75 Å². The van der Waals surface area contributed by atoms with Crippen LogP contribution in [-0.2, 0) is 11.2 Å². The summed E-state index contributed by atoms with van der Waals surface area (Å²) in [7, 11) is 0. The van der Waals surface area contributed by atoms with Gasteiger partial charge in [-0.25, -0.2) is 0 Å². The Morgan fingerprint density at radius 2 is 2.30 bits per heavy atom. The van der Waals surface area contributed by atoms with Gasteiger partial charge >= 0.3 is 0 Å². The van der Waals surface area contributed by atoms with Crippen LogP contribution in [0.3, 0.4) is 0 Å². The average Bonchev–Trinajstić information content (AvgIpc) is 2.82. The van der Waals surface area contributed by atoms with Gasteiger partial charge in [-0.05, 0) is 36.4 Å². The zero-order valence-corrected chi connectivity index (χ0v) is 12.7. The molecule has 20 heavy (non-hydrogen) atoms. The Morgan fingerprint density at radius 1 is 1.45 bits per heavy atom. The van der Waals surface area contributed by atoms with E-state index in [1.807, 2.05) is 18.3 Å². The smallest absolute Gasteiger partial charge is 0.216 e. The Morgan fingerprint density at radius 3 is 3.05 bits per heavy atom. The number of hydrogen-bond donors (Lipinski definition) is 2. The van der Waals surface area contributed by atoms with Crippen LogP contribution in [-0.4, -0.2) is 36.1 Å². The number of amides is 1. The third-order valence-electron chi connectivity index (χ3n) is 3.06. The van der Waals surface area contributed by atoms with E-state index in [-0.39, 0.29) is 5.91 Å². The van der Waals surface area contributed by atoms with E-state index in [1.54, 1.807) is 11.8 Å². The van der Waals surface area contributed by atoms with Crippen molar-refractivity contribution in [3.63, 3.8) is 0 Å². The van der Waals surface area contributed by atoms with Gasteiger partial charge in [-0.1, -0.05) is 0 Å². The molecule has 1 aromatic heterocycles. The standard InChI is InChI=1S/C15H20N2O2S/c1-11(18)16-6-5-12-10-17-15-4-3-13(9-14(12)15)19-7-8-20-2/h3-4,9-10,17H,5-8H2,1-2H3,(H,16,18). The third kappa shape index (κ3) is 3.93. The van der Waals surface area contributed by atoms with E-state index < -0.39 is 0 Å². The van der Waals surface area contributed by atoms with Gasteiger partial charge in [0.25, 0.3) is 0 Å². The fourth-order valence-electron chi connectivity index (χ4n) is 2.07. The molecule has 108 valence electrons. The first kappa shape index (κ1) is 14.8. The average molecular weight is 292 g/mol. The number of nitrogens with one attached hydrogen (secondary N) is 2. The van der Waals surface area contributed by atoms with Crippen LogP contribution in [0.15, 0.2) is 24.4 Å². The molecule has 0 saturated carbocycles. The molecule has 0 bridgehead atoms. The summed E-state index contributed by atoms with van der Waals surface area (Å²) in [5.41, 5.74) is 2.30. The second-order valence-corrected chi connectivity index (χ2v) is 5.58. The van der Waals surface area contributed by atoms with Gasteiger partial charge in [0.2, 0.25) is 5.91 Å². The van der Waals surface area contributed by atoms with Crippen molar-refractivity contribution < 1.29 is 9.53 Å². The first-order chi connectivity index (χ1) is 9.70. The lowest BCUT2D eigenvalue weighted by molar-refractivity contribution is -0.118. The predicted octanol–water partition coefficient (Wildman–Crippen LogP) is 2.59. The Balaban J connectivity index is 2.06. The van der Waals surface area contributed by atoms with Gasteiger partial charge in [-0.3, -0.25) is 4.79 Å². The minimum atomic E-state index is 0.00549. The number of carbonyl (C=O) groups excluding carboxylic acids is 1. The molecule has 0 fully saturated rings. The van der Waals surface area contributed by atoms with Crippen molar-refractivity contribution in [1.82, 2.24) is 10.3 Å². The van der Waals surface area contributed by atoms with Crippen LogP contribution in [0.4, 0.5) is 0 Å². The largest absolute Gasteiger partial charge is 0.493 e. The van der Waals surface area contributed by atoms with Gasteiger partial charge in [0, 0.05) is 36.3 Å². The summed E-state index contributed by atoms with van der Waals surface area (Å²) in [5, 5.41) is 3.98. The van der Waals surface area contributed by atoms with Crippen molar-refractivity contribution in [3.05, 3.63) is 30.0 Å². The van der Waals surface area contributed by atoms with Crippen LogP contribution >= 0.6 is 11.8 Å². The molecule has 1 heterocycles. The normalized spacial score (nSPS) is 10.7. The molecule has 4 nitrogen and oxygen atoms in total. The maximum atomic E-state index is 10.9. The van der Waals surface area contributed by atoms with Gasteiger partial charge in [0.15, 0.2) is 0 Å². The minimum absolute atomic E-state index is 0.00549. The molecule has 0 aliphatic heterocycles. The molecule has 0 radical (unpaired) electrons. The summed E-state index contributed by atoms with van der Waals surface area (Å²) in [6.45, 7) is 2.91. The number of aromatic amines is 1. The van der Waals surface area contributed by atoms with Crippen molar-refractivity contribution in [2.24, 2.45) is 0 Å². The number of benzene rings is 1. The molecular formula is C15H20N2O2S. The second-order valence-electron chi connectivity index (χ2n) is 4.60. The van der Waals surface area contributed by atoms with Gasteiger partial charge < -0.3 is 15.0 Å². The van der Waals surface area contributed by atoms with Crippen LogP contribution in [0.25, 0.3) is 10.9 Å². The number of hydrogen-bond acceptors (Lipinski definition) is 3. The maximum absolute atomic E-state index is 10.9. The molecule has 2 aromatic rings. The third-order valence-corrected chi connectivity index (χ3v) is 3.64. The number of rotatable bonds is 7. The molecule has 5 heteroatoms. The Hall–Kier alpha value is -1.62. The zero-order chi connectivity index (χ0) is 14.4. The van der Waals surface area contributed by atoms with Gasteiger partial charge in [-0.15, -0.1) is 0 Å². The number of carbonyl (C=O) groups is 1. The highest BCUT2D eigenvalue weighted by atomic mass is 32.2. The molecule has 0 spiro atoms. The first-order valence-electron chi connectivity index (χ1n) is 6.67. The molecule has 1 amide bonds. The lowest BCUT2D eigenvalue weighted by Crippen LogP contribution is -2.22. The molecule has 2 N–H and O–H groups in total. The fourth-order valence-corrected chi connectivity index (χ4v) is 2.32. The van der Waals surface area contributed by atoms with Gasteiger partial charge in [0.05, 0.1) is 6.61 Å². The van der Waals surface area contributed by atoms with E-state index in [0.717, 1.165) is 35.4 Å². The van der Waals surface area contributed by atoms with Crippen molar-refractivity contribution in [1.29, 1.82) is 0 Å². The van der Waals surface area contributed by atoms with Crippen molar-refractivity contribution in [2.75, 3.05) is 25.2 Å². The molecule has 0 unspecified atom stereocenters. The molecular weight excluding hydrogens is 272 g/mol. The van der Waals surface area contributed by atoms with E-state index >= 15 is 0 Å².